The highest BCUT2D eigenvalue weighted by atomic mass is 16.6. The molecule has 0 bridgehead atoms. The Morgan fingerprint density at radius 3 is 3.11 bits per heavy atom. The zero-order chi connectivity index (χ0) is 12.8. The Labute approximate surface area is 106 Å². The first kappa shape index (κ1) is 12.5. The number of hydrogen-bond donors (Lipinski definition) is 0. The minimum atomic E-state index is 0.234. The summed E-state index contributed by atoms with van der Waals surface area (Å²) in [6, 6.07) is 3.80. The van der Waals surface area contributed by atoms with Crippen molar-refractivity contribution in [2.24, 2.45) is 5.16 Å². The molecule has 1 amide bonds. The summed E-state index contributed by atoms with van der Waals surface area (Å²) in [6.07, 6.45) is 5.79. The van der Waals surface area contributed by atoms with Gasteiger partial charge in [-0.1, -0.05) is 5.16 Å². The largest absolute Gasteiger partial charge is 0.399 e. The van der Waals surface area contributed by atoms with E-state index in [0.717, 1.165) is 24.2 Å². The first-order valence-corrected chi connectivity index (χ1v) is 6.09. The van der Waals surface area contributed by atoms with Crippen LogP contribution in [-0.4, -0.2) is 41.7 Å². The lowest BCUT2D eigenvalue weighted by molar-refractivity contribution is -0.127. The van der Waals surface area contributed by atoms with Gasteiger partial charge in [-0.2, -0.15) is 0 Å². The fourth-order valence-corrected chi connectivity index (χ4v) is 2.07. The van der Waals surface area contributed by atoms with Gasteiger partial charge in [0.05, 0.1) is 5.71 Å². The van der Waals surface area contributed by atoms with Gasteiger partial charge in [0.2, 0.25) is 5.91 Å². The van der Waals surface area contributed by atoms with E-state index in [-0.39, 0.29) is 5.91 Å². The van der Waals surface area contributed by atoms with Crippen LogP contribution >= 0.6 is 0 Å². The molecule has 5 heteroatoms. The van der Waals surface area contributed by atoms with Crippen molar-refractivity contribution >= 4 is 11.6 Å². The number of carbonyl (C=O) groups is 1. The number of rotatable bonds is 5. The van der Waals surface area contributed by atoms with Crippen LogP contribution in [0.25, 0.3) is 0 Å². The van der Waals surface area contributed by atoms with Crippen LogP contribution in [-0.2, 0) is 9.63 Å². The number of carbonyl (C=O) groups excluding carboxylic acids is 1. The Kier molecular flexibility index (Phi) is 4.28. The maximum absolute atomic E-state index is 11.5. The number of hydrogen-bond acceptors (Lipinski definition) is 4. The predicted molar refractivity (Wildman–Crippen MR) is 68.2 cm³/mol. The van der Waals surface area contributed by atoms with E-state index in [9.17, 15) is 4.79 Å². The van der Waals surface area contributed by atoms with Crippen LogP contribution in [0.3, 0.4) is 0 Å². The summed E-state index contributed by atoms with van der Waals surface area (Å²) < 4.78 is 0. The summed E-state index contributed by atoms with van der Waals surface area (Å²) in [7, 11) is 1.53. The van der Waals surface area contributed by atoms with Crippen LogP contribution in [0.15, 0.2) is 29.7 Å². The number of oxime groups is 1. The standard InChI is InChI=1S/C13H17N3O2/c1-18-15-12(11-4-2-7-14-10-11)6-9-16-8-3-5-13(16)17/h2,4,7,10H,3,5-6,8-9H2,1H3/b15-12-. The highest BCUT2D eigenvalue weighted by Gasteiger charge is 2.20. The van der Waals surface area contributed by atoms with Gasteiger partial charge in [-0.05, 0) is 18.6 Å². The lowest BCUT2D eigenvalue weighted by atomic mass is 10.1. The highest BCUT2D eigenvalue weighted by Crippen LogP contribution is 2.12. The number of nitrogens with zero attached hydrogens (tertiary/aromatic N) is 3. The molecule has 0 atom stereocenters. The summed E-state index contributed by atoms with van der Waals surface area (Å²) in [5, 5.41) is 4.02. The number of amides is 1. The summed E-state index contributed by atoms with van der Waals surface area (Å²) in [5.74, 6) is 0.234. The Balaban J connectivity index is 1.99. The minimum Gasteiger partial charge on any atom is -0.399 e. The quantitative estimate of drug-likeness (QED) is 0.584. The van der Waals surface area contributed by atoms with Crippen molar-refractivity contribution in [3.63, 3.8) is 0 Å². The molecule has 0 saturated carbocycles. The minimum absolute atomic E-state index is 0.234. The Morgan fingerprint density at radius 1 is 1.61 bits per heavy atom. The molecular weight excluding hydrogens is 230 g/mol. The molecule has 0 N–H and O–H groups in total. The van der Waals surface area contributed by atoms with Crippen LogP contribution in [0.1, 0.15) is 24.8 Å². The fourth-order valence-electron chi connectivity index (χ4n) is 2.07. The Morgan fingerprint density at radius 2 is 2.50 bits per heavy atom. The molecule has 1 aliphatic heterocycles. The van der Waals surface area contributed by atoms with Gasteiger partial charge in [-0.15, -0.1) is 0 Å². The molecule has 1 aromatic heterocycles. The van der Waals surface area contributed by atoms with Gasteiger partial charge in [-0.3, -0.25) is 9.78 Å². The second-order valence-corrected chi connectivity index (χ2v) is 4.20. The number of aromatic nitrogens is 1. The van der Waals surface area contributed by atoms with Gasteiger partial charge in [0.15, 0.2) is 0 Å². The molecule has 1 aliphatic rings. The molecular formula is C13H17N3O2. The molecule has 2 rings (SSSR count). The van der Waals surface area contributed by atoms with E-state index in [1.165, 1.54) is 7.11 Å². The SMILES string of the molecule is CO/N=C(/CCN1CCCC1=O)c1cccnc1. The first-order chi connectivity index (χ1) is 8.81. The van der Waals surface area contributed by atoms with Gasteiger partial charge in [0, 0.05) is 43.9 Å². The van der Waals surface area contributed by atoms with E-state index < -0.39 is 0 Å². The van der Waals surface area contributed by atoms with Crippen molar-refractivity contribution < 1.29 is 9.63 Å². The van der Waals surface area contributed by atoms with Crippen LogP contribution in [0.2, 0.25) is 0 Å². The van der Waals surface area contributed by atoms with E-state index >= 15 is 0 Å². The molecule has 0 unspecified atom stereocenters. The van der Waals surface area contributed by atoms with Crippen molar-refractivity contribution in [1.29, 1.82) is 0 Å². The molecule has 2 heterocycles. The van der Waals surface area contributed by atoms with Crippen molar-refractivity contribution in [2.45, 2.75) is 19.3 Å². The maximum atomic E-state index is 11.5. The third-order valence-corrected chi connectivity index (χ3v) is 2.99. The van der Waals surface area contributed by atoms with Gasteiger partial charge >= 0.3 is 0 Å². The molecule has 0 spiro atoms. The number of likely N-dealkylation sites (tertiary alicyclic amines) is 1. The van der Waals surface area contributed by atoms with Crippen LogP contribution in [0.4, 0.5) is 0 Å². The number of pyridine rings is 1. The second kappa shape index (κ2) is 6.14. The third-order valence-electron chi connectivity index (χ3n) is 2.99. The van der Waals surface area contributed by atoms with E-state index in [1.54, 1.807) is 12.4 Å². The lowest BCUT2D eigenvalue weighted by Crippen LogP contribution is -2.27. The van der Waals surface area contributed by atoms with Gasteiger partial charge in [0.1, 0.15) is 7.11 Å². The predicted octanol–water partition coefficient (Wildman–Crippen LogP) is 1.44. The highest BCUT2D eigenvalue weighted by molar-refractivity contribution is 6.00. The molecule has 1 fully saturated rings. The monoisotopic (exact) mass is 247 g/mol. The second-order valence-electron chi connectivity index (χ2n) is 4.20. The molecule has 0 radical (unpaired) electrons. The summed E-state index contributed by atoms with van der Waals surface area (Å²) in [4.78, 5) is 22.3. The molecule has 96 valence electrons. The Hall–Kier alpha value is -1.91. The van der Waals surface area contributed by atoms with Gasteiger partial charge in [-0.25, -0.2) is 0 Å². The molecule has 0 aliphatic carbocycles. The first-order valence-electron chi connectivity index (χ1n) is 6.09. The summed E-state index contributed by atoms with van der Waals surface area (Å²) in [6.45, 7) is 1.54. The Bertz CT molecular complexity index is 431. The summed E-state index contributed by atoms with van der Waals surface area (Å²) in [5.41, 5.74) is 1.76. The topological polar surface area (TPSA) is 54.8 Å². The maximum Gasteiger partial charge on any atom is 0.222 e. The van der Waals surface area contributed by atoms with E-state index in [4.69, 9.17) is 4.84 Å². The van der Waals surface area contributed by atoms with Crippen LogP contribution in [0, 0.1) is 0 Å². The van der Waals surface area contributed by atoms with E-state index in [0.29, 0.717) is 19.4 Å². The third kappa shape index (κ3) is 3.06. The van der Waals surface area contributed by atoms with Gasteiger partial charge < -0.3 is 9.74 Å². The zero-order valence-electron chi connectivity index (χ0n) is 10.5. The fraction of sp³-hybridized carbons (Fsp3) is 0.462. The van der Waals surface area contributed by atoms with E-state index in [2.05, 4.69) is 10.1 Å². The lowest BCUT2D eigenvalue weighted by Gasteiger charge is -2.15. The summed E-state index contributed by atoms with van der Waals surface area (Å²) >= 11 is 0. The average molecular weight is 247 g/mol. The molecule has 0 aromatic carbocycles. The van der Waals surface area contributed by atoms with Crippen molar-refractivity contribution in [3.05, 3.63) is 30.1 Å². The van der Waals surface area contributed by atoms with Crippen LogP contribution in [0.5, 0.6) is 0 Å². The van der Waals surface area contributed by atoms with Crippen molar-refractivity contribution in [3.8, 4) is 0 Å². The molecule has 1 aromatic rings. The van der Waals surface area contributed by atoms with E-state index in [1.807, 2.05) is 17.0 Å². The average Bonchev–Trinajstić information content (AvgIpc) is 2.81. The van der Waals surface area contributed by atoms with Crippen molar-refractivity contribution in [2.75, 3.05) is 20.2 Å². The normalized spacial score (nSPS) is 16.2. The molecule has 1 saturated heterocycles. The van der Waals surface area contributed by atoms with Crippen LogP contribution < -0.4 is 0 Å². The zero-order valence-corrected chi connectivity index (χ0v) is 10.5. The molecule has 18 heavy (non-hydrogen) atoms. The smallest absolute Gasteiger partial charge is 0.222 e. The van der Waals surface area contributed by atoms with Crippen molar-refractivity contribution in [1.82, 2.24) is 9.88 Å². The van der Waals surface area contributed by atoms with Gasteiger partial charge in [0.25, 0.3) is 0 Å². The molecule has 5 nitrogen and oxygen atoms in total.